The summed E-state index contributed by atoms with van der Waals surface area (Å²) < 4.78 is 46.7. The lowest BCUT2D eigenvalue weighted by molar-refractivity contribution is -0.138. The second-order valence-corrected chi connectivity index (χ2v) is 5.23. The summed E-state index contributed by atoms with van der Waals surface area (Å²) in [5.41, 5.74) is 6.03. The molecule has 0 fully saturated rings. The Morgan fingerprint density at radius 2 is 1.96 bits per heavy atom. The van der Waals surface area contributed by atoms with E-state index >= 15 is 0 Å². The average Bonchev–Trinajstić information content (AvgIpc) is 3.14. The zero-order valence-electron chi connectivity index (χ0n) is 13.1. The van der Waals surface area contributed by atoms with Crippen molar-refractivity contribution in [3.05, 3.63) is 60.7 Å². The van der Waals surface area contributed by atoms with Crippen LogP contribution in [0, 0.1) is 0 Å². The molecular formula is C17H15F3N4O. The maximum atomic E-state index is 13.3. The number of hydrogen-bond donors (Lipinski definition) is 1. The molecular weight excluding hydrogens is 333 g/mol. The number of nitrogens with two attached hydrogens (primary N) is 1. The summed E-state index contributed by atoms with van der Waals surface area (Å²) in [7, 11) is 0. The molecule has 25 heavy (non-hydrogen) atoms. The van der Waals surface area contributed by atoms with Crippen LogP contribution in [0.3, 0.4) is 0 Å². The third-order valence-corrected chi connectivity index (χ3v) is 3.49. The second-order valence-electron chi connectivity index (χ2n) is 5.23. The van der Waals surface area contributed by atoms with Crippen molar-refractivity contribution in [3.63, 3.8) is 0 Å². The Kier molecular flexibility index (Phi) is 4.71. The quantitative estimate of drug-likeness (QED) is 0.768. The Hall–Kier alpha value is -2.87. The number of ether oxygens (including phenoxy) is 1. The summed E-state index contributed by atoms with van der Waals surface area (Å²) in [5, 5.41) is 4.09. The molecule has 0 radical (unpaired) electrons. The number of aromatic nitrogens is 3. The SMILES string of the molecule is NCCOc1ccc(-c2cncc(-n3cccn3)c2)cc1C(F)(F)F. The predicted molar refractivity (Wildman–Crippen MR) is 86.3 cm³/mol. The largest absolute Gasteiger partial charge is 0.492 e. The first kappa shape index (κ1) is 17.0. The van der Waals surface area contributed by atoms with E-state index in [-0.39, 0.29) is 18.9 Å². The van der Waals surface area contributed by atoms with Gasteiger partial charge in [0.15, 0.2) is 0 Å². The first-order chi connectivity index (χ1) is 12.0. The molecule has 0 aliphatic rings. The molecule has 130 valence electrons. The minimum atomic E-state index is -4.53. The molecule has 2 heterocycles. The average molecular weight is 348 g/mol. The van der Waals surface area contributed by atoms with Gasteiger partial charge >= 0.3 is 6.18 Å². The van der Waals surface area contributed by atoms with Gasteiger partial charge in [0.25, 0.3) is 0 Å². The Labute approximate surface area is 141 Å². The second kappa shape index (κ2) is 6.94. The monoisotopic (exact) mass is 348 g/mol. The van der Waals surface area contributed by atoms with E-state index in [0.717, 1.165) is 6.07 Å². The molecule has 5 nitrogen and oxygen atoms in total. The van der Waals surface area contributed by atoms with Crippen LogP contribution in [0.4, 0.5) is 13.2 Å². The lowest BCUT2D eigenvalue weighted by Crippen LogP contribution is -2.14. The molecule has 0 unspecified atom stereocenters. The van der Waals surface area contributed by atoms with E-state index in [1.54, 1.807) is 41.5 Å². The smallest absolute Gasteiger partial charge is 0.419 e. The first-order valence-corrected chi connectivity index (χ1v) is 7.48. The van der Waals surface area contributed by atoms with Gasteiger partial charge in [-0.1, -0.05) is 6.07 Å². The summed E-state index contributed by atoms with van der Waals surface area (Å²) >= 11 is 0. The fourth-order valence-electron chi connectivity index (χ4n) is 2.36. The van der Waals surface area contributed by atoms with Crippen molar-refractivity contribution in [1.29, 1.82) is 0 Å². The molecule has 0 saturated heterocycles. The van der Waals surface area contributed by atoms with Crippen molar-refractivity contribution in [2.45, 2.75) is 6.18 Å². The van der Waals surface area contributed by atoms with Crippen LogP contribution in [0.15, 0.2) is 55.1 Å². The molecule has 0 amide bonds. The van der Waals surface area contributed by atoms with Crippen LogP contribution >= 0.6 is 0 Å². The van der Waals surface area contributed by atoms with E-state index in [4.69, 9.17) is 10.5 Å². The van der Waals surface area contributed by atoms with Crippen molar-refractivity contribution >= 4 is 0 Å². The third-order valence-electron chi connectivity index (χ3n) is 3.49. The molecule has 0 atom stereocenters. The highest BCUT2D eigenvalue weighted by Gasteiger charge is 2.34. The summed E-state index contributed by atoms with van der Waals surface area (Å²) in [4.78, 5) is 4.09. The van der Waals surface area contributed by atoms with E-state index in [2.05, 4.69) is 10.1 Å². The van der Waals surface area contributed by atoms with Gasteiger partial charge in [0.2, 0.25) is 0 Å². The Morgan fingerprint density at radius 3 is 2.64 bits per heavy atom. The van der Waals surface area contributed by atoms with Gasteiger partial charge < -0.3 is 10.5 Å². The maximum absolute atomic E-state index is 13.3. The van der Waals surface area contributed by atoms with Gasteiger partial charge in [-0.15, -0.1) is 0 Å². The zero-order chi connectivity index (χ0) is 17.9. The van der Waals surface area contributed by atoms with Crippen LogP contribution in [0.5, 0.6) is 5.75 Å². The van der Waals surface area contributed by atoms with Crippen LogP contribution in [0.25, 0.3) is 16.8 Å². The number of hydrogen-bond acceptors (Lipinski definition) is 4. The van der Waals surface area contributed by atoms with Crippen LogP contribution < -0.4 is 10.5 Å². The lowest BCUT2D eigenvalue weighted by Gasteiger charge is -2.15. The van der Waals surface area contributed by atoms with Gasteiger partial charge in [0, 0.05) is 30.7 Å². The molecule has 3 aromatic rings. The van der Waals surface area contributed by atoms with Crippen LogP contribution in [-0.4, -0.2) is 27.9 Å². The van der Waals surface area contributed by atoms with Gasteiger partial charge in [0.05, 0.1) is 17.4 Å². The zero-order valence-corrected chi connectivity index (χ0v) is 13.1. The van der Waals surface area contributed by atoms with Gasteiger partial charge in [-0.25, -0.2) is 4.68 Å². The minimum absolute atomic E-state index is 0.0127. The summed E-state index contributed by atoms with van der Waals surface area (Å²) in [6.45, 7) is 0.146. The van der Waals surface area contributed by atoms with Crippen molar-refractivity contribution in [2.24, 2.45) is 5.73 Å². The highest BCUT2D eigenvalue weighted by molar-refractivity contribution is 5.67. The van der Waals surface area contributed by atoms with Crippen LogP contribution in [0.2, 0.25) is 0 Å². The van der Waals surface area contributed by atoms with E-state index in [1.807, 2.05) is 0 Å². The van der Waals surface area contributed by atoms with Crippen molar-refractivity contribution < 1.29 is 17.9 Å². The highest BCUT2D eigenvalue weighted by atomic mass is 19.4. The molecule has 0 aliphatic carbocycles. The molecule has 1 aromatic carbocycles. The molecule has 0 bridgehead atoms. The summed E-state index contributed by atoms with van der Waals surface area (Å²) in [6, 6.07) is 7.38. The number of benzene rings is 1. The molecule has 0 aliphatic heterocycles. The normalized spacial score (nSPS) is 11.5. The van der Waals surface area contributed by atoms with Gasteiger partial charge in [-0.05, 0) is 29.8 Å². The number of nitrogens with zero attached hydrogens (tertiary/aromatic N) is 3. The molecule has 2 N–H and O–H groups in total. The number of rotatable bonds is 5. The van der Waals surface area contributed by atoms with E-state index < -0.39 is 11.7 Å². The van der Waals surface area contributed by atoms with Gasteiger partial charge in [-0.3, -0.25) is 4.98 Å². The molecule has 0 spiro atoms. The Bertz CT molecular complexity index is 847. The molecule has 2 aromatic heterocycles. The topological polar surface area (TPSA) is 66.0 Å². The van der Waals surface area contributed by atoms with E-state index in [0.29, 0.717) is 16.8 Å². The number of pyridine rings is 1. The lowest BCUT2D eigenvalue weighted by atomic mass is 10.0. The van der Waals surface area contributed by atoms with Crippen molar-refractivity contribution in [1.82, 2.24) is 14.8 Å². The third kappa shape index (κ3) is 3.80. The minimum Gasteiger partial charge on any atom is -0.492 e. The molecule has 3 rings (SSSR count). The van der Waals surface area contributed by atoms with Crippen molar-refractivity contribution in [2.75, 3.05) is 13.2 Å². The number of halogens is 3. The fraction of sp³-hybridized carbons (Fsp3) is 0.176. The van der Waals surface area contributed by atoms with E-state index in [9.17, 15) is 13.2 Å². The Morgan fingerprint density at radius 1 is 1.12 bits per heavy atom. The highest BCUT2D eigenvalue weighted by Crippen LogP contribution is 2.38. The van der Waals surface area contributed by atoms with E-state index in [1.165, 1.54) is 12.3 Å². The standard InChI is InChI=1S/C17H15F3N4O/c18-17(19,20)15-9-12(2-3-16(15)25-7-4-21)13-8-14(11-22-10-13)24-6-1-5-23-24/h1-3,5-6,8-11H,4,7,21H2. The maximum Gasteiger partial charge on any atom is 0.419 e. The van der Waals surface area contributed by atoms with Crippen molar-refractivity contribution in [3.8, 4) is 22.6 Å². The predicted octanol–water partition coefficient (Wildman–Crippen LogP) is 3.29. The van der Waals surface area contributed by atoms with Gasteiger partial charge in [-0.2, -0.15) is 18.3 Å². The first-order valence-electron chi connectivity index (χ1n) is 7.48. The number of alkyl halides is 3. The van der Waals surface area contributed by atoms with Gasteiger partial charge in [0.1, 0.15) is 12.4 Å². The molecule has 8 heteroatoms. The van der Waals surface area contributed by atoms with Crippen LogP contribution in [-0.2, 0) is 6.18 Å². The summed E-state index contributed by atoms with van der Waals surface area (Å²) in [5.74, 6) is -0.238. The summed E-state index contributed by atoms with van der Waals surface area (Å²) in [6.07, 6.45) is 1.89. The fourth-order valence-corrected chi connectivity index (χ4v) is 2.36. The molecule has 0 saturated carbocycles. The Balaban J connectivity index is 2.02. The van der Waals surface area contributed by atoms with Crippen LogP contribution in [0.1, 0.15) is 5.56 Å².